The molecule has 1 heterocycles. The van der Waals surface area contributed by atoms with E-state index in [0.717, 1.165) is 5.69 Å². The first-order chi connectivity index (χ1) is 9.63. The molecule has 7 heteroatoms. The van der Waals surface area contributed by atoms with Crippen LogP contribution < -0.4 is 15.4 Å². The molecule has 0 aliphatic heterocycles. The molecule has 102 valence electrons. The summed E-state index contributed by atoms with van der Waals surface area (Å²) >= 11 is 0. The highest BCUT2D eigenvalue weighted by atomic mass is 16.5. The van der Waals surface area contributed by atoms with Crippen LogP contribution in [-0.2, 0) is 0 Å². The molecule has 0 aliphatic rings. The van der Waals surface area contributed by atoms with Crippen LogP contribution in [0.5, 0.6) is 6.01 Å². The smallest absolute Gasteiger partial charge is 0.323 e. The second kappa shape index (κ2) is 5.84. The summed E-state index contributed by atoms with van der Waals surface area (Å²) in [7, 11) is 1.78. The third-order valence-electron chi connectivity index (χ3n) is 2.56. The third kappa shape index (κ3) is 2.92. The summed E-state index contributed by atoms with van der Waals surface area (Å²) in [5, 5.41) is 8.92. The minimum absolute atomic E-state index is 0.0849. The van der Waals surface area contributed by atoms with Gasteiger partial charge in [-0.05, 0) is 25.1 Å². The zero-order valence-electron chi connectivity index (χ0n) is 11.2. The van der Waals surface area contributed by atoms with E-state index in [4.69, 9.17) is 15.7 Å². The number of hydrogen-bond acceptors (Lipinski definition) is 7. The molecule has 0 radical (unpaired) electrons. The summed E-state index contributed by atoms with van der Waals surface area (Å²) in [6, 6.07) is 9.37. The maximum atomic E-state index is 8.92. The predicted octanol–water partition coefficient (Wildman–Crippen LogP) is 1.49. The Morgan fingerprint density at radius 3 is 2.85 bits per heavy atom. The van der Waals surface area contributed by atoms with E-state index in [1.54, 1.807) is 30.1 Å². The summed E-state index contributed by atoms with van der Waals surface area (Å²) in [4.78, 5) is 13.8. The number of rotatable bonds is 4. The Hall–Kier alpha value is -2.88. The van der Waals surface area contributed by atoms with E-state index >= 15 is 0 Å². The summed E-state index contributed by atoms with van der Waals surface area (Å²) in [6.45, 7) is 2.27. The number of ether oxygens (including phenoxy) is 1. The number of aromatic nitrogens is 3. The van der Waals surface area contributed by atoms with Gasteiger partial charge in [0.15, 0.2) is 0 Å². The molecule has 20 heavy (non-hydrogen) atoms. The maximum Gasteiger partial charge on any atom is 0.323 e. The van der Waals surface area contributed by atoms with E-state index in [2.05, 4.69) is 21.0 Å². The molecule has 7 nitrogen and oxygen atoms in total. The molecule has 0 bridgehead atoms. The summed E-state index contributed by atoms with van der Waals surface area (Å²) in [5.41, 5.74) is 6.97. The highest BCUT2D eigenvalue weighted by molar-refractivity contribution is 5.59. The van der Waals surface area contributed by atoms with Gasteiger partial charge in [0.05, 0.1) is 18.2 Å². The van der Waals surface area contributed by atoms with Gasteiger partial charge >= 0.3 is 6.01 Å². The Labute approximate surface area is 116 Å². The lowest BCUT2D eigenvalue weighted by Gasteiger charge is -2.17. The second-order valence-electron chi connectivity index (χ2n) is 3.93. The first kappa shape index (κ1) is 13.5. The van der Waals surface area contributed by atoms with E-state index in [1.165, 1.54) is 0 Å². The van der Waals surface area contributed by atoms with Crippen LogP contribution in [0.4, 0.5) is 17.6 Å². The molecule has 1 aromatic carbocycles. The molecule has 0 fully saturated rings. The van der Waals surface area contributed by atoms with Gasteiger partial charge in [-0.25, -0.2) is 0 Å². The number of benzene rings is 1. The quantitative estimate of drug-likeness (QED) is 0.898. The second-order valence-corrected chi connectivity index (χ2v) is 3.93. The van der Waals surface area contributed by atoms with Crippen LogP contribution in [0.15, 0.2) is 24.3 Å². The Morgan fingerprint density at radius 1 is 1.35 bits per heavy atom. The molecule has 0 amide bonds. The van der Waals surface area contributed by atoms with Crippen molar-refractivity contribution in [3.63, 3.8) is 0 Å². The Morgan fingerprint density at radius 2 is 2.15 bits per heavy atom. The van der Waals surface area contributed by atoms with Crippen LogP contribution in [0.3, 0.4) is 0 Å². The molecular formula is C13H14N6O. The van der Waals surface area contributed by atoms with Crippen LogP contribution >= 0.6 is 0 Å². The SMILES string of the molecule is CCOc1nc(N)nc(N(C)c2cccc(C#N)c2)n1. The largest absolute Gasteiger partial charge is 0.464 e. The van der Waals surface area contributed by atoms with Crippen molar-refractivity contribution < 1.29 is 4.74 Å². The van der Waals surface area contributed by atoms with Crippen LogP contribution in [0.25, 0.3) is 0 Å². The minimum atomic E-state index is 0.0849. The van der Waals surface area contributed by atoms with Gasteiger partial charge in [0, 0.05) is 12.7 Å². The number of nitrogen functional groups attached to an aromatic ring is 1. The lowest BCUT2D eigenvalue weighted by atomic mass is 10.2. The van der Waals surface area contributed by atoms with Crippen molar-refractivity contribution in [2.75, 3.05) is 24.3 Å². The van der Waals surface area contributed by atoms with E-state index in [0.29, 0.717) is 18.1 Å². The van der Waals surface area contributed by atoms with Crippen molar-refractivity contribution in [2.24, 2.45) is 0 Å². The maximum absolute atomic E-state index is 8.92. The third-order valence-corrected chi connectivity index (χ3v) is 2.56. The van der Waals surface area contributed by atoms with Crippen molar-refractivity contribution in [2.45, 2.75) is 6.92 Å². The first-order valence-corrected chi connectivity index (χ1v) is 6.02. The molecule has 2 rings (SSSR count). The summed E-state index contributed by atoms with van der Waals surface area (Å²) in [6.07, 6.45) is 0. The van der Waals surface area contributed by atoms with Crippen LogP contribution in [0.2, 0.25) is 0 Å². The molecule has 0 atom stereocenters. The van der Waals surface area contributed by atoms with Crippen molar-refractivity contribution in [1.82, 2.24) is 15.0 Å². The molecule has 0 spiro atoms. The van der Waals surface area contributed by atoms with Gasteiger partial charge in [-0.15, -0.1) is 0 Å². The van der Waals surface area contributed by atoms with E-state index in [9.17, 15) is 0 Å². The summed E-state index contributed by atoms with van der Waals surface area (Å²) < 4.78 is 5.24. The van der Waals surface area contributed by atoms with Crippen LogP contribution in [0, 0.1) is 11.3 Å². The number of nitriles is 1. The first-order valence-electron chi connectivity index (χ1n) is 6.02. The van der Waals surface area contributed by atoms with Gasteiger partial charge in [0.1, 0.15) is 0 Å². The minimum Gasteiger partial charge on any atom is -0.464 e. The number of anilines is 3. The van der Waals surface area contributed by atoms with Gasteiger partial charge in [-0.1, -0.05) is 6.07 Å². The number of nitrogens with zero attached hydrogens (tertiary/aromatic N) is 5. The molecule has 2 aromatic rings. The highest BCUT2D eigenvalue weighted by Crippen LogP contribution is 2.22. The van der Waals surface area contributed by atoms with Gasteiger partial charge in [0.2, 0.25) is 11.9 Å². The molecule has 0 aliphatic carbocycles. The summed E-state index contributed by atoms with van der Waals surface area (Å²) in [5.74, 6) is 0.442. The fourth-order valence-electron chi connectivity index (χ4n) is 1.60. The van der Waals surface area contributed by atoms with Crippen molar-refractivity contribution in [3.05, 3.63) is 29.8 Å². The van der Waals surface area contributed by atoms with Gasteiger partial charge < -0.3 is 15.4 Å². The molecule has 0 saturated carbocycles. The topological polar surface area (TPSA) is 101 Å². The molecule has 0 unspecified atom stereocenters. The van der Waals surface area contributed by atoms with Gasteiger partial charge in [0.25, 0.3) is 0 Å². The van der Waals surface area contributed by atoms with E-state index in [-0.39, 0.29) is 12.0 Å². The van der Waals surface area contributed by atoms with E-state index in [1.807, 2.05) is 13.0 Å². The number of nitrogens with two attached hydrogens (primary N) is 1. The van der Waals surface area contributed by atoms with Crippen molar-refractivity contribution in [1.29, 1.82) is 5.26 Å². The fraction of sp³-hybridized carbons (Fsp3) is 0.231. The van der Waals surface area contributed by atoms with Crippen LogP contribution in [0.1, 0.15) is 12.5 Å². The number of hydrogen-bond donors (Lipinski definition) is 1. The molecular weight excluding hydrogens is 256 g/mol. The van der Waals surface area contributed by atoms with Crippen LogP contribution in [-0.4, -0.2) is 28.6 Å². The van der Waals surface area contributed by atoms with Gasteiger partial charge in [-0.2, -0.15) is 20.2 Å². The zero-order chi connectivity index (χ0) is 14.5. The molecule has 0 saturated heterocycles. The van der Waals surface area contributed by atoms with Gasteiger partial charge in [-0.3, -0.25) is 0 Å². The normalized spacial score (nSPS) is 9.85. The lowest BCUT2D eigenvalue weighted by molar-refractivity contribution is 0.312. The average Bonchev–Trinajstić information content (AvgIpc) is 2.46. The van der Waals surface area contributed by atoms with Crippen molar-refractivity contribution >= 4 is 17.6 Å². The fourth-order valence-corrected chi connectivity index (χ4v) is 1.60. The highest BCUT2D eigenvalue weighted by Gasteiger charge is 2.11. The van der Waals surface area contributed by atoms with E-state index < -0.39 is 0 Å². The Kier molecular flexibility index (Phi) is 3.96. The standard InChI is InChI=1S/C13H14N6O/c1-3-20-13-17-11(15)16-12(18-13)19(2)10-6-4-5-9(7-10)8-14/h4-7H,3H2,1-2H3,(H2,15,16,17,18). The Bertz CT molecular complexity index is 652. The molecule has 2 N–H and O–H groups in total. The average molecular weight is 270 g/mol. The predicted molar refractivity (Wildman–Crippen MR) is 74.6 cm³/mol. The van der Waals surface area contributed by atoms with Crippen molar-refractivity contribution in [3.8, 4) is 12.1 Å². The zero-order valence-corrected chi connectivity index (χ0v) is 11.2. The monoisotopic (exact) mass is 270 g/mol. The molecule has 1 aromatic heterocycles. The lowest BCUT2D eigenvalue weighted by Crippen LogP contribution is -2.15. The Balaban J connectivity index is 2.37.